The summed E-state index contributed by atoms with van der Waals surface area (Å²) >= 11 is 5.72. The molecule has 97 heavy (non-hydrogen) atoms. The molecule has 0 radical (unpaired) electrons. The number of nitrogens with zero attached hydrogens (tertiary/aromatic N) is 1. The van der Waals surface area contributed by atoms with Crippen molar-refractivity contribution in [2.75, 3.05) is 33.0 Å². The second-order valence-electron chi connectivity index (χ2n) is 28.2. The van der Waals surface area contributed by atoms with Crippen LogP contribution in [0, 0.1) is 26.6 Å². The molecule has 14 rings (SSSR count). The number of pyridine rings is 1. The fourth-order valence-corrected chi connectivity index (χ4v) is 12.9. The summed E-state index contributed by atoms with van der Waals surface area (Å²) in [6.07, 6.45) is 8.30. The standard InChI is InChI=1S/C14H15NO.C14H20O.C13H15FO2.C12H14O2.C12H16O.C11H14O2.C9H11Cl/c1-9(2)11-3-4-12-13-10(6-8-16-12)5-7-15-14(11)13;1-9(2)13-8-10(3)14-12(11(13)4)6-5-7-15-14;1-7(2)9-6-10(14)13-12(8(9)3)11(15)4-5-16-13;1-8(2)9-3-4-12-10(7-9)11(13)5-6-14-12;1-9(2)10-5-6-12-11(8-10)4-3-7-13-12;1-7(2)9-4-5-10-11(6-9)13-8(3)12-10;1-7(2)8-3-5-9(10)6-4-8/h3-5,7,9H,6,8H2,1-2H3;8-9H,5-7H2,1-4H3;6-7H,4-5H2,1-3H3;3-4,7-8H,5-6H2,1-2H3;5-6,8-9H,3-4,7H2,1-2H3;4-8H,1-3H3;3-7H,1-2H3. The Labute approximate surface area is 583 Å². The molecular formula is C85H105ClFNO9. The molecule has 12 heteroatoms. The van der Waals surface area contributed by atoms with Crippen LogP contribution in [0.5, 0.6) is 40.2 Å². The number of benzene rings is 7. The number of Topliss-reactive ketones (excluding diaryl/α,β-unsaturated/α-hetero) is 2. The third-order valence-electron chi connectivity index (χ3n) is 18.5. The molecule has 0 N–H and O–H groups in total. The highest BCUT2D eigenvalue weighted by atomic mass is 35.5. The van der Waals surface area contributed by atoms with E-state index in [0.717, 1.165) is 101 Å². The van der Waals surface area contributed by atoms with E-state index in [1.807, 2.05) is 70.3 Å². The predicted molar refractivity (Wildman–Crippen MR) is 395 cm³/mol. The molecule has 1 aromatic heterocycles. The Morgan fingerprint density at radius 2 is 0.959 bits per heavy atom. The van der Waals surface area contributed by atoms with E-state index in [9.17, 15) is 14.0 Å². The Morgan fingerprint density at radius 3 is 1.62 bits per heavy atom. The van der Waals surface area contributed by atoms with E-state index in [2.05, 4.69) is 169 Å². The van der Waals surface area contributed by atoms with Gasteiger partial charge in [0.2, 0.25) is 6.29 Å². The monoisotopic (exact) mass is 1340 g/mol. The van der Waals surface area contributed by atoms with Crippen molar-refractivity contribution in [3.05, 3.63) is 210 Å². The van der Waals surface area contributed by atoms with Gasteiger partial charge < -0.3 is 33.2 Å². The molecule has 8 aromatic rings. The minimum Gasteiger partial charge on any atom is -0.493 e. The fourth-order valence-electron chi connectivity index (χ4n) is 12.8. The second kappa shape index (κ2) is 34.5. The maximum absolute atomic E-state index is 13.8. The number of carbonyl (C=O) groups is 2. The van der Waals surface area contributed by atoms with Gasteiger partial charge >= 0.3 is 0 Å². The summed E-state index contributed by atoms with van der Waals surface area (Å²) in [7, 11) is 0. The summed E-state index contributed by atoms with van der Waals surface area (Å²) in [5, 5.41) is 2.03. The molecule has 6 aliphatic heterocycles. The van der Waals surface area contributed by atoms with Crippen LogP contribution in [-0.4, -0.2) is 55.9 Å². The maximum atomic E-state index is 13.8. The molecule has 7 heterocycles. The molecule has 0 amide bonds. The summed E-state index contributed by atoms with van der Waals surface area (Å²) in [4.78, 5) is 27.9. The summed E-state index contributed by atoms with van der Waals surface area (Å²) in [6, 6.07) is 36.7. The van der Waals surface area contributed by atoms with Gasteiger partial charge in [-0.3, -0.25) is 14.6 Å². The lowest BCUT2D eigenvalue weighted by Gasteiger charge is -2.24. The summed E-state index contributed by atoms with van der Waals surface area (Å²) < 4.78 is 52.3. The van der Waals surface area contributed by atoms with Gasteiger partial charge in [0.25, 0.3) is 0 Å². The van der Waals surface area contributed by atoms with Crippen LogP contribution in [0.2, 0.25) is 5.02 Å². The van der Waals surface area contributed by atoms with Crippen molar-refractivity contribution < 1.29 is 47.1 Å². The maximum Gasteiger partial charge on any atom is 0.238 e. The largest absolute Gasteiger partial charge is 0.493 e. The van der Waals surface area contributed by atoms with Crippen molar-refractivity contribution in [3.63, 3.8) is 0 Å². The number of ketones is 2. The third kappa shape index (κ3) is 19.3. The van der Waals surface area contributed by atoms with Crippen molar-refractivity contribution in [2.24, 2.45) is 0 Å². The molecule has 0 bridgehead atoms. The van der Waals surface area contributed by atoms with Gasteiger partial charge in [-0.2, -0.15) is 0 Å². The lowest BCUT2D eigenvalue weighted by atomic mass is 9.89. The minimum atomic E-state index is -0.419. The Balaban J connectivity index is 0.000000145. The van der Waals surface area contributed by atoms with Crippen LogP contribution in [0.1, 0.15) is 264 Å². The van der Waals surface area contributed by atoms with Crippen LogP contribution in [0.15, 0.2) is 115 Å². The molecule has 1 atom stereocenters. The summed E-state index contributed by atoms with van der Waals surface area (Å²) in [5.74, 6) is 9.13. The lowest BCUT2D eigenvalue weighted by molar-refractivity contribution is 0.0678. The van der Waals surface area contributed by atoms with Gasteiger partial charge in [0.1, 0.15) is 23.0 Å². The Hall–Kier alpha value is -7.89. The van der Waals surface area contributed by atoms with Crippen molar-refractivity contribution in [3.8, 4) is 40.2 Å². The average molecular weight is 1340 g/mol. The normalized spacial score (nSPS) is 15.1. The van der Waals surface area contributed by atoms with Crippen molar-refractivity contribution >= 4 is 34.1 Å². The number of hydrogen-bond donors (Lipinski definition) is 0. The SMILES string of the molecule is CC(C)c1ccc(Cl)cc1.CC(C)c1ccc2c(c1)C(=O)CCO2.CC(C)c1ccc2c(c1)CCCO2.CC(C)c1ccc2c3c(ccnc13)CCO2.CC1Oc2ccc(C(C)C)cc2O1.Cc1c(C(C)C)cc(F)c2c1C(=O)CCO2.Cc1cc(C(C)C)c(C)c2c1OCCC2. The molecule has 0 fully saturated rings. The Morgan fingerprint density at radius 1 is 0.443 bits per heavy atom. The first-order valence-corrected chi connectivity index (χ1v) is 35.7. The number of fused-ring (bicyclic) bond motifs is 5. The van der Waals surface area contributed by atoms with Crippen LogP contribution < -0.4 is 33.2 Å². The van der Waals surface area contributed by atoms with Gasteiger partial charge in [-0.15, -0.1) is 0 Å². The van der Waals surface area contributed by atoms with E-state index in [1.165, 1.54) is 85.5 Å². The zero-order valence-electron chi connectivity index (χ0n) is 61.0. The van der Waals surface area contributed by atoms with Gasteiger partial charge in [0.05, 0.1) is 49.7 Å². The van der Waals surface area contributed by atoms with Crippen LogP contribution in [0.4, 0.5) is 4.39 Å². The first-order chi connectivity index (χ1) is 46.2. The van der Waals surface area contributed by atoms with Crippen LogP contribution in [0.3, 0.4) is 0 Å². The topological polar surface area (TPSA) is 112 Å². The second-order valence-corrected chi connectivity index (χ2v) is 28.6. The van der Waals surface area contributed by atoms with E-state index < -0.39 is 5.82 Å². The number of hydrogen-bond acceptors (Lipinski definition) is 10. The zero-order valence-corrected chi connectivity index (χ0v) is 61.7. The van der Waals surface area contributed by atoms with Gasteiger partial charge in [-0.1, -0.05) is 157 Å². The molecule has 0 spiro atoms. The van der Waals surface area contributed by atoms with Crippen LogP contribution >= 0.6 is 11.6 Å². The van der Waals surface area contributed by atoms with Gasteiger partial charge in [-0.25, -0.2) is 4.39 Å². The number of aryl methyl sites for hydroxylation is 2. The quantitative estimate of drug-likeness (QED) is 0.153. The highest BCUT2D eigenvalue weighted by Crippen LogP contribution is 2.40. The molecule has 7 aromatic carbocycles. The molecule has 1 unspecified atom stereocenters. The van der Waals surface area contributed by atoms with E-state index in [-0.39, 0.29) is 36.1 Å². The van der Waals surface area contributed by atoms with E-state index in [1.54, 1.807) is 0 Å². The number of ether oxygens (including phenoxy) is 7. The summed E-state index contributed by atoms with van der Waals surface area (Å²) in [6.45, 7) is 41.8. The number of halogens is 2. The van der Waals surface area contributed by atoms with Crippen LogP contribution in [0.25, 0.3) is 10.9 Å². The number of aromatic nitrogens is 1. The molecule has 6 aliphatic rings. The fraction of sp³-hybridized carbons (Fsp3) is 0.447. The molecular weight excluding hydrogens is 1230 g/mol. The third-order valence-corrected chi connectivity index (χ3v) is 18.7. The van der Waals surface area contributed by atoms with E-state index >= 15 is 0 Å². The lowest BCUT2D eigenvalue weighted by Crippen LogP contribution is -2.19. The predicted octanol–water partition coefficient (Wildman–Crippen LogP) is 22.6. The zero-order chi connectivity index (χ0) is 70.4. The first kappa shape index (κ1) is 74.9. The van der Waals surface area contributed by atoms with Crippen molar-refractivity contribution in [1.29, 1.82) is 0 Å². The molecule has 0 saturated heterocycles. The molecule has 0 saturated carbocycles. The van der Waals surface area contributed by atoms with Crippen molar-refractivity contribution in [2.45, 2.75) is 217 Å². The smallest absolute Gasteiger partial charge is 0.238 e. The number of carbonyl (C=O) groups excluding carboxylic acids is 2. The molecule has 0 aliphatic carbocycles. The highest BCUT2D eigenvalue weighted by Gasteiger charge is 2.28. The molecule has 10 nitrogen and oxygen atoms in total. The number of rotatable bonds is 7. The van der Waals surface area contributed by atoms with Crippen molar-refractivity contribution in [1.82, 2.24) is 4.98 Å². The first-order valence-electron chi connectivity index (χ1n) is 35.3. The Kier molecular flexibility index (Phi) is 26.7. The minimum absolute atomic E-state index is 0.0137. The van der Waals surface area contributed by atoms with Gasteiger partial charge in [0.15, 0.2) is 34.6 Å². The molecule has 518 valence electrons. The highest BCUT2D eigenvalue weighted by molar-refractivity contribution is 6.30. The van der Waals surface area contributed by atoms with Gasteiger partial charge in [-0.05, 0) is 221 Å². The summed E-state index contributed by atoms with van der Waals surface area (Å²) in [5.41, 5.74) is 19.0. The Bertz CT molecular complexity index is 3990. The van der Waals surface area contributed by atoms with E-state index in [0.29, 0.717) is 60.5 Å². The average Bonchev–Trinajstić information content (AvgIpc) is 0.874. The van der Waals surface area contributed by atoms with Crippen LogP contribution in [-0.2, 0) is 19.3 Å². The van der Waals surface area contributed by atoms with Gasteiger partial charge in [0, 0.05) is 42.8 Å². The van der Waals surface area contributed by atoms with E-state index in [4.69, 9.17) is 44.8 Å².